The Labute approximate surface area is 163 Å². The van der Waals surface area contributed by atoms with Crippen LogP contribution in [0.5, 0.6) is 0 Å². The lowest BCUT2D eigenvalue weighted by Gasteiger charge is -2.14. The molecule has 3 rings (SSSR count). The Morgan fingerprint density at radius 3 is 2.57 bits per heavy atom. The minimum atomic E-state index is -3.94. The van der Waals surface area contributed by atoms with Crippen molar-refractivity contribution >= 4 is 27.2 Å². The van der Waals surface area contributed by atoms with Gasteiger partial charge in [-0.15, -0.1) is 6.42 Å². The van der Waals surface area contributed by atoms with E-state index in [1.165, 1.54) is 41.5 Å². The summed E-state index contributed by atoms with van der Waals surface area (Å²) in [5.41, 5.74) is 7.74. The lowest BCUT2D eigenvalue weighted by atomic mass is 10.1. The molecule has 0 atom stereocenters. The first-order valence-electron chi connectivity index (χ1n) is 8.12. The van der Waals surface area contributed by atoms with Crippen LogP contribution in [0, 0.1) is 12.3 Å². The Balaban J connectivity index is 2.07. The van der Waals surface area contributed by atoms with Gasteiger partial charge in [-0.3, -0.25) is 9.71 Å². The van der Waals surface area contributed by atoms with Crippen molar-refractivity contribution in [1.82, 2.24) is 19.5 Å². The maximum Gasteiger partial charge on any atom is 0.264 e. The number of hydrogen-bond donors (Lipinski definition) is 2. The van der Waals surface area contributed by atoms with Crippen molar-refractivity contribution in [2.75, 3.05) is 5.73 Å². The van der Waals surface area contributed by atoms with Crippen molar-refractivity contribution < 1.29 is 8.42 Å². The second-order valence-corrected chi connectivity index (χ2v) is 7.40. The molecule has 1 aromatic carbocycles. The van der Waals surface area contributed by atoms with E-state index in [1.807, 2.05) is 30.3 Å². The van der Waals surface area contributed by atoms with Gasteiger partial charge in [0.25, 0.3) is 10.0 Å². The van der Waals surface area contributed by atoms with E-state index >= 15 is 0 Å². The zero-order valence-electron chi connectivity index (χ0n) is 14.8. The molecule has 0 unspecified atom stereocenters. The number of rotatable bonds is 6. The molecule has 0 fully saturated rings. The van der Waals surface area contributed by atoms with E-state index in [0.29, 0.717) is 11.1 Å². The van der Waals surface area contributed by atoms with E-state index in [-0.39, 0.29) is 16.5 Å². The minimum Gasteiger partial charge on any atom is -0.382 e. The molecule has 0 amide bonds. The summed E-state index contributed by atoms with van der Waals surface area (Å²) in [6.07, 6.45) is 11.0. The largest absolute Gasteiger partial charge is 0.382 e. The summed E-state index contributed by atoms with van der Waals surface area (Å²) in [5.74, 6) is 2.61. The van der Waals surface area contributed by atoms with Gasteiger partial charge in [0.15, 0.2) is 0 Å². The molecule has 0 aliphatic carbocycles. The topological polar surface area (TPSA) is 103 Å². The number of benzene rings is 1. The van der Waals surface area contributed by atoms with Gasteiger partial charge in [0.05, 0.1) is 11.8 Å². The van der Waals surface area contributed by atoms with Crippen LogP contribution < -0.4 is 10.5 Å². The van der Waals surface area contributed by atoms with Crippen molar-refractivity contribution in [3.8, 4) is 12.3 Å². The van der Waals surface area contributed by atoms with Gasteiger partial charge in [-0.1, -0.05) is 42.8 Å². The molecule has 8 heteroatoms. The summed E-state index contributed by atoms with van der Waals surface area (Å²) in [6.45, 7) is 4.00. The first-order chi connectivity index (χ1) is 13.4. The van der Waals surface area contributed by atoms with Crippen molar-refractivity contribution in [3.05, 3.63) is 84.8 Å². The zero-order valence-corrected chi connectivity index (χ0v) is 15.6. The second-order valence-electron chi connectivity index (χ2n) is 5.71. The molecule has 3 aromatic rings. The molecule has 0 aliphatic rings. The molecule has 3 N–H and O–H groups in total. The van der Waals surface area contributed by atoms with E-state index in [0.717, 1.165) is 5.56 Å². The molecule has 28 heavy (non-hydrogen) atoms. The van der Waals surface area contributed by atoms with Gasteiger partial charge in [0, 0.05) is 12.4 Å². The number of terminal acetylenes is 1. The lowest BCUT2D eigenvalue weighted by molar-refractivity contribution is 0.589. The molecule has 0 bridgehead atoms. The van der Waals surface area contributed by atoms with Gasteiger partial charge in [0.1, 0.15) is 16.5 Å². The molecule has 7 nitrogen and oxygen atoms in total. The molecule has 0 saturated carbocycles. The van der Waals surface area contributed by atoms with E-state index in [9.17, 15) is 8.42 Å². The Morgan fingerprint density at radius 2 is 1.96 bits per heavy atom. The fraction of sp³-hybridized carbons (Fsp3) is 0. The Morgan fingerprint density at radius 1 is 1.21 bits per heavy atom. The summed E-state index contributed by atoms with van der Waals surface area (Å²) in [4.78, 5) is 3.84. The highest BCUT2D eigenvalue weighted by atomic mass is 32.2. The highest BCUT2D eigenvalue weighted by molar-refractivity contribution is 7.89. The molecular weight excluding hydrogens is 374 g/mol. The van der Waals surface area contributed by atoms with Crippen LogP contribution in [0.1, 0.15) is 11.1 Å². The summed E-state index contributed by atoms with van der Waals surface area (Å²) in [7, 11) is -3.94. The summed E-state index contributed by atoms with van der Waals surface area (Å²) in [5, 5.41) is 4.11. The molecular formula is C20H17N5O2S. The average molecular weight is 391 g/mol. The van der Waals surface area contributed by atoms with Gasteiger partial charge in [-0.2, -0.15) is 9.78 Å². The minimum absolute atomic E-state index is 0.00544. The Hall–Kier alpha value is -3.83. The first-order valence-corrected chi connectivity index (χ1v) is 9.60. The van der Waals surface area contributed by atoms with Gasteiger partial charge >= 0.3 is 0 Å². The number of hydrogen-bond acceptors (Lipinski definition) is 5. The molecule has 2 aromatic heterocycles. The third-order valence-electron chi connectivity index (χ3n) is 3.83. The van der Waals surface area contributed by atoms with Crippen LogP contribution in [0.2, 0.25) is 0 Å². The van der Waals surface area contributed by atoms with E-state index in [4.69, 9.17) is 12.2 Å². The van der Waals surface area contributed by atoms with Gasteiger partial charge < -0.3 is 5.73 Å². The predicted molar refractivity (Wildman–Crippen MR) is 109 cm³/mol. The normalized spacial score (nSPS) is 11.6. The van der Waals surface area contributed by atoms with Crippen molar-refractivity contribution in [2.45, 2.75) is 4.90 Å². The van der Waals surface area contributed by atoms with E-state index in [1.54, 1.807) is 0 Å². The van der Waals surface area contributed by atoms with Gasteiger partial charge in [0.2, 0.25) is 0 Å². The first kappa shape index (κ1) is 18.9. The third kappa shape index (κ3) is 3.95. The van der Waals surface area contributed by atoms with Crippen LogP contribution >= 0.6 is 0 Å². The number of nitrogens with zero attached hydrogens (tertiary/aromatic N) is 3. The molecule has 140 valence electrons. The highest BCUT2D eigenvalue weighted by Crippen LogP contribution is 2.21. The molecule has 2 heterocycles. The van der Waals surface area contributed by atoms with Crippen LogP contribution in [-0.4, -0.2) is 23.2 Å². The quantitative estimate of drug-likeness (QED) is 0.496. The number of allylic oxidation sites excluding steroid dienone is 2. The summed E-state index contributed by atoms with van der Waals surface area (Å²) in [6, 6.07) is 12.2. The fourth-order valence-corrected chi connectivity index (χ4v) is 3.39. The smallest absolute Gasteiger partial charge is 0.264 e. The van der Waals surface area contributed by atoms with Crippen LogP contribution in [0.15, 0.2) is 78.6 Å². The molecule has 0 spiro atoms. The number of anilines is 1. The summed E-state index contributed by atoms with van der Waals surface area (Å²) >= 11 is 0. The summed E-state index contributed by atoms with van der Waals surface area (Å²) < 4.78 is 29.3. The number of sulfonamides is 1. The van der Waals surface area contributed by atoms with E-state index < -0.39 is 10.0 Å². The van der Waals surface area contributed by atoms with E-state index in [2.05, 4.69) is 27.3 Å². The van der Waals surface area contributed by atoms with Gasteiger partial charge in [-0.25, -0.2) is 8.42 Å². The molecule has 0 aliphatic heterocycles. The average Bonchev–Trinajstić information content (AvgIpc) is 3.09. The Kier molecular flexibility index (Phi) is 5.29. The Bertz CT molecular complexity index is 1170. The van der Waals surface area contributed by atoms with Crippen molar-refractivity contribution in [2.24, 2.45) is 0 Å². The third-order valence-corrected chi connectivity index (χ3v) is 5.17. The van der Waals surface area contributed by atoms with Crippen LogP contribution in [0.4, 0.5) is 5.82 Å². The number of nitrogen functional groups attached to an aromatic ring is 1. The number of pyridine rings is 1. The van der Waals surface area contributed by atoms with Crippen molar-refractivity contribution in [1.29, 1.82) is 0 Å². The molecule has 0 radical (unpaired) electrons. The maximum absolute atomic E-state index is 12.8. The number of aromatic nitrogens is 3. The number of nitrogens with one attached hydrogen (secondary N) is 1. The monoisotopic (exact) mass is 391 g/mol. The van der Waals surface area contributed by atoms with Crippen LogP contribution in [0.3, 0.4) is 0 Å². The fourth-order valence-electron chi connectivity index (χ4n) is 2.40. The predicted octanol–water partition coefficient (Wildman–Crippen LogP) is 2.33. The SMILES string of the molecule is C#Cc1cnn(/C(=C\C(=C)c2ccccc2)NS(=O)(=O)c2cccnc2)c1N. The maximum atomic E-state index is 12.8. The zero-order chi connectivity index (χ0) is 20.1. The lowest BCUT2D eigenvalue weighted by Crippen LogP contribution is -2.26. The number of nitrogens with two attached hydrogens (primary N) is 1. The van der Waals surface area contributed by atoms with Crippen molar-refractivity contribution in [3.63, 3.8) is 0 Å². The van der Waals surface area contributed by atoms with Gasteiger partial charge in [-0.05, 0) is 29.3 Å². The molecule has 0 saturated heterocycles. The second kappa shape index (κ2) is 7.82. The highest BCUT2D eigenvalue weighted by Gasteiger charge is 2.19. The van der Waals surface area contributed by atoms with Crippen LogP contribution in [0.25, 0.3) is 11.4 Å². The van der Waals surface area contributed by atoms with Crippen LogP contribution in [-0.2, 0) is 10.0 Å². The standard InChI is InChI=1S/C20H17N5O2S/c1-3-16-13-23-25(20(16)21)19(12-15(2)17-8-5-4-6-9-17)24-28(26,27)18-10-7-11-22-14-18/h1,4-14,24H,2,21H2/b19-12-.